The second kappa shape index (κ2) is 8.17. The Kier molecular flexibility index (Phi) is 6.13. The third-order valence-electron chi connectivity index (χ3n) is 4.95. The summed E-state index contributed by atoms with van der Waals surface area (Å²) >= 11 is 12.3. The van der Waals surface area contributed by atoms with Gasteiger partial charge in [0.25, 0.3) is 5.91 Å². The van der Waals surface area contributed by atoms with Gasteiger partial charge in [0.15, 0.2) is 5.69 Å². The van der Waals surface area contributed by atoms with Gasteiger partial charge in [-0.25, -0.2) is 4.68 Å². The zero-order valence-corrected chi connectivity index (χ0v) is 16.6. The highest BCUT2D eigenvalue weighted by Crippen LogP contribution is 2.31. The smallest absolute Gasteiger partial charge is 0.272 e. The molecule has 0 radical (unpaired) electrons. The van der Waals surface area contributed by atoms with E-state index in [1.54, 1.807) is 12.1 Å². The Hall–Kier alpha value is -1.27. The number of benzene rings is 1. The van der Waals surface area contributed by atoms with Crippen molar-refractivity contribution in [3.8, 4) is 5.69 Å². The van der Waals surface area contributed by atoms with Gasteiger partial charge < -0.3 is 10.6 Å². The molecule has 1 unspecified atom stereocenters. The molecule has 1 amide bonds. The van der Waals surface area contributed by atoms with Gasteiger partial charge in [-0.3, -0.25) is 4.79 Å². The van der Waals surface area contributed by atoms with E-state index >= 15 is 0 Å². The van der Waals surface area contributed by atoms with Gasteiger partial charge in [-0.15, -0.1) is 12.4 Å². The van der Waals surface area contributed by atoms with Crippen LogP contribution in [-0.2, 0) is 12.8 Å². The first-order chi connectivity index (χ1) is 12.1. The molecule has 2 aliphatic rings. The molecule has 2 aromatic rings. The first-order valence-electron chi connectivity index (χ1n) is 8.71. The molecule has 2 N–H and O–H groups in total. The van der Waals surface area contributed by atoms with Gasteiger partial charge in [-0.2, -0.15) is 5.10 Å². The minimum atomic E-state index is -0.101. The van der Waals surface area contributed by atoms with Crippen LogP contribution in [0.25, 0.3) is 5.69 Å². The SMILES string of the molecule is Cl.O=C(NCC1CCCN1)c1nn(-c2ccc(Cl)cc2Cl)c2c1CCC2. The number of hydrogen-bond acceptors (Lipinski definition) is 3. The van der Waals surface area contributed by atoms with Crippen LogP contribution in [-0.4, -0.2) is 34.8 Å². The van der Waals surface area contributed by atoms with Gasteiger partial charge in [-0.05, 0) is 56.8 Å². The number of nitrogens with one attached hydrogen (secondary N) is 2. The molecule has 1 atom stereocenters. The van der Waals surface area contributed by atoms with Gasteiger partial charge in [0.1, 0.15) is 0 Å². The Bertz CT molecular complexity index is 815. The lowest BCUT2D eigenvalue weighted by Gasteiger charge is -2.11. The summed E-state index contributed by atoms with van der Waals surface area (Å²) in [6.07, 6.45) is 5.08. The van der Waals surface area contributed by atoms with Crippen molar-refractivity contribution in [2.24, 2.45) is 0 Å². The number of aromatic nitrogens is 2. The van der Waals surface area contributed by atoms with Crippen LogP contribution in [0, 0.1) is 0 Å². The summed E-state index contributed by atoms with van der Waals surface area (Å²) in [7, 11) is 0. The summed E-state index contributed by atoms with van der Waals surface area (Å²) in [5.41, 5.74) is 3.41. The topological polar surface area (TPSA) is 59.0 Å². The van der Waals surface area contributed by atoms with Crippen LogP contribution in [0.5, 0.6) is 0 Å². The standard InChI is InChI=1S/C18H20Cl2N4O.ClH/c19-11-6-7-16(14(20)9-11)24-15-5-1-4-13(15)17(23-24)18(25)22-10-12-3-2-8-21-12;/h6-7,9,12,21H,1-5,8,10H2,(H,22,25);1H. The lowest BCUT2D eigenvalue weighted by atomic mass is 10.2. The molecule has 1 fully saturated rings. The molecule has 0 bridgehead atoms. The molecular formula is C18H21Cl3N4O. The zero-order chi connectivity index (χ0) is 17.4. The average molecular weight is 416 g/mol. The Morgan fingerprint density at radius 1 is 1.31 bits per heavy atom. The molecule has 1 aromatic carbocycles. The Morgan fingerprint density at radius 3 is 2.88 bits per heavy atom. The number of carbonyl (C=O) groups excluding carboxylic acids is 1. The molecule has 4 rings (SSSR count). The molecule has 0 spiro atoms. The van der Waals surface area contributed by atoms with Gasteiger partial charge in [0.05, 0.1) is 10.7 Å². The summed E-state index contributed by atoms with van der Waals surface area (Å²) in [4.78, 5) is 12.7. The molecule has 140 valence electrons. The van der Waals surface area contributed by atoms with Gasteiger partial charge in [0, 0.05) is 28.9 Å². The fourth-order valence-electron chi connectivity index (χ4n) is 3.70. The van der Waals surface area contributed by atoms with Crippen LogP contribution in [0.2, 0.25) is 10.0 Å². The van der Waals surface area contributed by atoms with Crippen LogP contribution in [0.1, 0.15) is 41.0 Å². The van der Waals surface area contributed by atoms with E-state index in [9.17, 15) is 4.79 Å². The van der Waals surface area contributed by atoms with E-state index in [0.717, 1.165) is 49.2 Å². The highest BCUT2D eigenvalue weighted by molar-refractivity contribution is 6.35. The fourth-order valence-corrected chi connectivity index (χ4v) is 4.19. The maximum atomic E-state index is 12.7. The molecule has 5 nitrogen and oxygen atoms in total. The second-order valence-electron chi connectivity index (χ2n) is 6.64. The Labute approximate surface area is 168 Å². The summed E-state index contributed by atoms with van der Waals surface area (Å²) < 4.78 is 1.81. The third-order valence-corrected chi connectivity index (χ3v) is 5.49. The lowest BCUT2D eigenvalue weighted by molar-refractivity contribution is 0.0944. The van der Waals surface area contributed by atoms with Gasteiger partial charge >= 0.3 is 0 Å². The zero-order valence-electron chi connectivity index (χ0n) is 14.2. The highest BCUT2D eigenvalue weighted by atomic mass is 35.5. The third kappa shape index (κ3) is 3.72. The first-order valence-corrected chi connectivity index (χ1v) is 9.47. The van der Waals surface area contributed by atoms with Crippen molar-refractivity contribution in [2.45, 2.75) is 38.1 Å². The second-order valence-corrected chi connectivity index (χ2v) is 7.48. The average Bonchev–Trinajstić information content (AvgIpc) is 3.31. The maximum Gasteiger partial charge on any atom is 0.272 e. The number of halogens is 3. The monoisotopic (exact) mass is 414 g/mol. The summed E-state index contributed by atoms with van der Waals surface area (Å²) in [6, 6.07) is 5.70. The highest BCUT2D eigenvalue weighted by Gasteiger charge is 2.28. The van der Waals surface area contributed by atoms with Crippen LogP contribution >= 0.6 is 35.6 Å². The number of nitrogens with zero attached hydrogens (tertiary/aromatic N) is 2. The van der Waals surface area contributed by atoms with Crippen LogP contribution in [0.15, 0.2) is 18.2 Å². The molecule has 8 heteroatoms. The largest absolute Gasteiger partial charge is 0.349 e. The molecule has 1 aliphatic heterocycles. The first kappa shape index (κ1) is 19.5. The van der Waals surface area contributed by atoms with Crippen molar-refractivity contribution in [3.63, 3.8) is 0 Å². The number of carbonyl (C=O) groups is 1. The van der Waals surface area contributed by atoms with E-state index in [-0.39, 0.29) is 18.3 Å². The normalized spacial score (nSPS) is 18.5. The minimum Gasteiger partial charge on any atom is -0.349 e. The predicted molar refractivity (Wildman–Crippen MR) is 106 cm³/mol. The lowest BCUT2D eigenvalue weighted by Crippen LogP contribution is -2.37. The summed E-state index contributed by atoms with van der Waals surface area (Å²) in [5, 5.41) is 12.1. The number of rotatable bonds is 4. The number of amides is 1. The number of hydrogen-bond donors (Lipinski definition) is 2. The van der Waals surface area contributed by atoms with Crippen molar-refractivity contribution in [1.29, 1.82) is 0 Å². The molecule has 0 saturated carbocycles. The van der Waals surface area contributed by atoms with Gasteiger partial charge in [-0.1, -0.05) is 23.2 Å². The van der Waals surface area contributed by atoms with E-state index in [1.807, 2.05) is 10.7 Å². The van der Waals surface area contributed by atoms with E-state index in [0.29, 0.717) is 28.3 Å². The Morgan fingerprint density at radius 2 is 2.15 bits per heavy atom. The molecule has 1 aromatic heterocycles. The van der Waals surface area contributed by atoms with E-state index in [2.05, 4.69) is 15.7 Å². The van der Waals surface area contributed by atoms with Crippen LogP contribution in [0.4, 0.5) is 0 Å². The van der Waals surface area contributed by atoms with E-state index in [4.69, 9.17) is 23.2 Å². The van der Waals surface area contributed by atoms with Crippen LogP contribution in [0.3, 0.4) is 0 Å². The fraction of sp³-hybridized carbons (Fsp3) is 0.444. The van der Waals surface area contributed by atoms with E-state index < -0.39 is 0 Å². The molecule has 26 heavy (non-hydrogen) atoms. The molecule has 1 saturated heterocycles. The van der Waals surface area contributed by atoms with Crippen molar-refractivity contribution >= 4 is 41.5 Å². The maximum absolute atomic E-state index is 12.7. The van der Waals surface area contributed by atoms with E-state index in [1.165, 1.54) is 6.42 Å². The summed E-state index contributed by atoms with van der Waals surface area (Å²) in [5.74, 6) is -0.101. The van der Waals surface area contributed by atoms with Crippen molar-refractivity contribution < 1.29 is 4.79 Å². The summed E-state index contributed by atoms with van der Waals surface area (Å²) in [6.45, 7) is 1.67. The Balaban J connectivity index is 0.00000196. The molecule has 1 aliphatic carbocycles. The quantitative estimate of drug-likeness (QED) is 0.802. The predicted octanol–water partition coefficient (Wildman–Crippen LogP) is 3.57. The van der Waals surface area contributed by atoms with Crippen molar-refractivity contribution in [1.82, 2.24) is 20.4 Å². The van der Waals surface area contributed by atoms with Gasteiger partial charge in [0.2, 0.25) is 0 Å². The minimum absolute atomic E-state index is 0. The van der Waals surface area contributed by atoms with Crippen molar-refractivity contribution in [3.05, 3.63) is 45.2 Å². The molecular weight excluding hydrogens is 395 g/mol. The van der Waals surface area contributed by atoms with Crippen molar-refractivity contribution in [2.75, 3.05) is 13.1 Å². The number of fused-ring (bicyclic) bond motifs is 1. The van der Waals surface area contributed by atoms with Crippen LogP contribution < -0.4 is 10.6 Å². The molecule has 2 heterocycles.